The normalized spacial score (nSPS) is 25.6. The Labute approximate surface area is 120 Å². The Hall–Kier alpha value is -0.750. The number of carbonyl (C=O) groups excluding carboxylic acids is 2. The molecule has 108 valence electrons. The van der Waals surface area contributed by atoms with Gasteiger partial charge in [0.05, 0.1) is 0 Å². The molecule has 0 saturated carbocycles. The summed E-state index contributed by atoms with van der Waals surface area (Å²) in [7, 11) is 0. The van der Waals surface area contributed by atoms with E-state index in [1.807, 2.05) is 4.90 Å². The number of nitrogens with one attached hydrogen (secondary N) is 1. The molecule has 2 heterocycles. The van der Waals surface area contributed by atoms with E-state index in [0.29, 0.717) is 11.8 Å². The number of nitrogens with zero attached hydrogens (tertiary/aromatic N) is 2. The fraction of sp³-hybridized carbons (Fsp3) is 0.846. The molecule has 0 aromatic carbocycles. The zero-order chi connectivity index (χ0) is 13.8. The molecule has 0 radical (unpaired) electrons. The molecule has 19 heavy (non-hydrogen) atoms. The summed E-state index contributed by atoms with van der Waals surface area (Å²) >= 11 is 4.17. The molecule has 0 aliphatic carbocycles. The number of rotatable bonds is 3. The van der Waals surface area contributed by atoms with Gasteiger partial charge in [-0.1, -0.05) is 6.42 Å². The minimum Gasteiger partial charge on any atom is -0.344 e. The summed E-state index contributed by atoms with van der Waals surface area (Å²) in [5, 5.41) is 2.68. The van der Waals surface area contributed by atoms with Crippen LogP contribution in [0, 0.1) is 0 Å². The maximum absolute atomic E-state index is 12.4. The van der Waals surface area contributed by atoms with E-state index in [4.69, 9.17) is 0 Å². The molecule has 0 bridgehead atoms. The summed E-state index contributed by atoms with van der Waals surface area (Å²) in [6, 6.07) is 0.0142. The van der Waals surface area contributed by atoms with E-state index in [1.54, 1.807) is 0 Å². The van der Waals surface area contributed by atoms with E-state index in [0.717, 1.165) is 26.2 Å². The molecule has 2 amide bonds. The number of thiol groups is 1. The van der Waals surface area contributed by atoms with E-state index >= 15 is 0 Å². The summed E-state index contributed by atoms with van der Waals surface area (Å²) in [5.74, 6) is 0.183. The molecule has 2 atom stereocenters. The van der Waals surface area contributed by atoms with Crippen molar-refractivity contribution in [3.63, 3.8) is 0 Å². The number of piperidine rings is 1. The summed E-state index contributed by atoms with van der Waals surface area (Å²) in [4.78, 5) is 27.9. The molecular weight excluding hydrogens is 262 g/mol. The molecular formula is C13H23N3O2S. The lowest BCUT2D eigenvalue weighted by Crippen LogP contribution is -2.59. The van der Waals surface area contributed by atoms with Crippen molar-refractivity contribution in [1.29, 1.82) is 0 Å². The molecule has 2 unspecified atom stereocenters. The molecule has 1 N–H and O–H groups in total. The maximum atomic E-state index is 12.4. The maximum Gasteiger partial charge on any atom is 0.246 e. The van der Waals surface area contributed by atoms with Crippen LogP contribution < -0.4 is 5.32 Å². The number of fused-ring (bicyclic) bond motifs is 1. The fourth-order valence-electron chi connectivity index (χ4n) is 3.01. The number of amides is 2. The molecule has 6 heteroatoms. The molecule has 2 aliphatic rings. The highest BCUT2D eigenvalue weighted by Gasteiger charge is 2.33. The quantitative estimate of drug-likeness (QED) is 0.724. The third kappa shape index (κ3) is 3.63. The largest absolute Gasteiger partial charge is 0.344 e. The van der Waals surface area contributed by atoms with E-state index < -0.39 is 6.04 Å². The summed E-state index contributed by atoms with van der Waals surface area (Å²) < 4.78 is 0. The molecule has 2 rings (SSSR count). The van der Waals surface area contributed by atoms with Crippen LogP contribution >= 0.6 is 12.6 Å². The van der Waals surface area contributed by atoms with Crippen molar-refractivity contribution in [2.24, 2.45) is 0 Å². The average molecular weight is 285 g/mol. The monoisotopic (exact) mass is 285 g/mol. The van der Waals surface area contributed by atoms with Gasteiger partial charge in [-0.2, -0.15) is 12.6 Å². The first-order valence-corrected chi connectivity index (χ1v) is 7.66. The molecule has 0 aromatic heterocycles. The van der Waals surface area contributed by atoms with E-state index in [-0.39, 0.29) is 11.8 Å². The van der Waals surface area contributed by atoms with Gasteiger partial charge in [0.15, 0.2) is 0 Å². The van der Waals surface area contributed by atoms with Gasteiger partial charge in [0.2, 0.25) is 11.8 Å². The summed E-state index contributed by atoms with van der Waals surface area (Å²) in [5.41, 5.74) is 0. The van der Waals surface area contributed by atoms with Crippen molar-refractivity contribution < 1.29 is 9.59 Å². The van der Waals surface area contributed by atoms with Crippen molar-refractivity contribution in [3.05, 3.63) is 0 Å². The first-order valence-electron chi connectivity index (χ1n) is 7.02. The van der Waals surface area contributed by atoms with Crippen molar-refractivity contribution in [3.8, 4) is 0 Å². The third-order valence-corrected chi connectivity index (χ3v) is 4.37. The van der Waals surface area contributed by atoms with Crippen LogP contribution in [0.1, 0.15) is 26.2 Å². The minimum atomic E-state index is -0.490. The number of piperazine rings is 1. The van der Waals surface area contributed by atoms with Crippen LogP contribution in [0.3, 0.4) is 0 Å². The van der Waals surface area contributed by atoms with Gasteiger partial charge in [0.25, 0.3) is 0 Å². The van der Waals surface area contributed by atoms with Crippen molar-refractivity contribution >= 4 is 24.4 Å². The Balaban J connectivity index is 1.93. The second-order valence-corrected chi connectivity index (χ2v) is 5.77. The van der Waals surface area contributed by atoms with Crippen molar-refractivity contribution in [2.75, 3.05) is 31.9 Å². The summed E-state index contributed by atoms with van der Waals surface area (Å²) in [6.07, 6.45) is 3.70. The van der Waals surface area contributed by atoms with Crippen LogP contribution in [0.2, 0.25) is 0 Å². The molecule has 2 fully saturated rings. The lowest BCUT2D eigenvalue weighted by atomic mass is 9.99. The first-order chi connectivity index (χ1) is 9.11. The lowest BCUT2D eigenvalue weighted by Gasteiger charge is -2.44. The molecule has 0 aromatic rings. The minimum absolute atomic E-state index is 0.00965. The van der Waals surface area contributed by atoms with Crippen LogP contribution in [-0.4, -0.2) is 65.6 Å². The van der Waals surface area contributed by atoms with Gasteiger partial charge in [0, 0.05) is 38.4 Å². The standard InChI is InChI=1S/C13H23N3O2S/c1-10(17)14-12(9-19)13(18)16-7-6-15-5-3-2-4-11(15)8-16/h11-12,19H,2-9H2,1H3,(H,14,17). The van der Waals surface area contributed by atoms with Crippen molar-refractivity contribution in [1.82, 2.24) is 15.1 Å². The van der Waals surface area contributed by atoms with Gasteiger partial charge in [-0.25, -0.2) is 0 Å². The van der Waals surface area contributed by atoms with Gasteiger partial charge < -0.3 is 10.2 Å². The zero-order valence-corrected chi connectivity index (χ0v) is 12.4. The second-order valence-electron chi connectivity index (χ2n) is 5.41. The van der Waals surface area contributed by atoms with E-state index in [1.165, 1.54) is 26.2 Å². The Morgan fingerprint density at radius 3 is 2.79 bits per heavy atom. The average Bonchev–Trinajstić information content (AvgIpc) is 2.43. The Bertz CT molecular complexity index is 351. The predicted octanol–water partition coefficient (Wildman–Crippen LogP) is 0.118. The Kier molecular flexibility index (Phi) is 5.10. The first kappa shape index (κ1) is 14.7. The van der Waals surface area contributed by atoms with Gasteiger partial charge in [-0.3, -0.25) is 14.5 Å². The van der Waals surface area contributed by atoms with E-state index in [9.17, 15) is 9.59 Å². The van der Waals surface area contributed by atoms with Crippen LogP contribution in [0.15, 0.2) is 0 Å². The fourth-order valence-corrected chi connectivity index (χ4v) is 3.25. The van der Waals surface area contributed by atoms with Gasteiger partial charge >= 0.3 is 0 Å². The number of hydrogen-bond donors (Lipinski definition) is 2. The Morgan fingerprint density at radius 1 is 1.32 bits per heavy atom. The SMILES string of the molecule is CC(=O)NC(CS)C(=O)N1CCN2CCCCC2C1. The molecule has 2 aliphatic heterocycles. The highest BCUT2D eigenvalue weighted by atomic mass is 32.1. The number of hydrogen-bond acceptors (Lipinski definition) is 4. The van der Waals surface area contributed by atoms with Gasteiger partial charge in [-0.05, 0) is 19.4 Å². The molecule has 5 nitrogen and oxygen atoms in total. The van der Waals surface area contributed by atoms with Crippen molar-refractivity contribution in [2.45, 2.75) is 38.3 Å². The van der Waals surface area contributed by atoms with Crippen LogP contribution in [0.5, 0.6) is 0 Å². The van der Waals surface area contributed by atoms with Gasteiger partial charge in [-0.15, -0.1) is 0 Å². The van der Waals surface area contributed by atoms with Gasteiger partial charge in [0.1, 0.15) is 6.04 Å². The van der Waals surface area contributed by atoms with Crippen LogP contribution in [-0.2, 0) is 9.59 Å². The highest BCUT2D eigenvalue weighted by molar-refractivity contribution is 7.80. The number of carbonyl (C=O) groups is 2. The Morgan fingerprint density at radius 2 is 2.11 bits per heavy atom. The smallest absolute Gasteiger partial charge is 0.246 e. The third-order valence-electron chi connectivity index (χ3n) is 4.01. The van der Waals surface area contributed by atoms with E-state index in [2.05, 4.69) is 22.8 Å². The highest BCUT2D eigenvalue weighted by Crippen LogP contribution is 2.21. The predicted molar refractivity (Wildman–Crippen MR) is 77.2 cm³/mol. The molecule has 0 spiro atoms. The second kappa shape index (κ2) is 6.61. The molecule has 2 saturated heterocycles. The topological polar surface area (TPSA) is 52.7 Å². The lowest BCUT2D eigenvalue weighted by molar-refractivity contribution is -0.138. The van der Waals surface area contributed by atoms with Crippen LogP contribution in [0.25, 0.3) is 0 Å². The zero-order valence-electron chi connectivity index (χ0n) is 11.5. The summed E-state index contributed by atoms with van der Waals surface area (Å²) in [6.45, 7) is 5.11. The van der Waals surface area contributed by atoms with Crippen LogP contribution in [0.4, 0.5) is 0 Å².